The average Bonchev–Trinajstić information content (AvgIpc) is 3.06. The predicted molar refractivity (Wildman–Crippen MR) is 102 cm³/mol. The molecule has 0 fully saturated rings. The molecule has 5 nitrogen and oxygen atoms in total. The van der Waals surface area contributed by atoms with Crippen molar-refractivity contribution in [3.63, 3.8) is 0 Å². The fourth-order valence-corrected chi connectivity index (χ4v) is 3.44. The van der Waals surface area contributed by atoms with Crippen molar-refractivity contribution < 1.29 is 9.32 Å². The molecule has 3 aromatic rings. The molecule has 1 aromatic heterocycles. The van der Waals surface area contributed by atoms with E-state index in [-0.39, 0.29) is 11.9 Å². The minimum atomic E-state index is -0.128. The van der Waals surface area contributed by atoms with Crippen molar-refractivity contribution in [3.05, 3.63) is 76.4 Å². The molecule has 7 heteroatoms. The van der Waals surface area contributed by atoms with Gasteiger partial charge in [-0.05, 0) is 43.7 Å². The number of hydrogen-bond acceptors (Lipinski definition) is 5. The van der Waals surface area contributed by atoms with Gasteiger partial charge in [-0.3, -0.25) is 4.79 Å². The number of aryl methyl sites for hydroxylation is 1. The minimum Gasteiger partial charge on any atom is -0.345 e. The van der Waals surface area contributed by atoms with E-state index in [9.17, 15) is 4.79 Å². The third kappa shape index (κ3) is 4.65. The molecular weight excluding hydrogens is 370 g/mol. The van der Waals surface area contributed by atoms with E-state index >= 15 is 0 Å². The monoisotopic (exact) mass is 387 g/mol. The topological polar surface area (TPSA) is 68.0 Å². The summed E-state index contributed by atoms with van der Waals surface area (Å²) in [5.41, 5.74) is 1.61. The van der Waals surface area contributed by atoms with Gasteiger partial charge < -0.3 is 9.84 Å². The molecule has 134 valence electrons. The molecule has 3 rings (SSSR count). The lowest BCUT2D eigenvalue weighted by Gasteiger charge is -2.16. The van der Waals surface area contributed by atoms with E-state index in [1.54, 1.807) is 6.92 Å². The van der Waals surface area contributed by atoms with Crippen molar-refractivity contribution >= 4 is 29.3 Å². The second-order valence-electron chi connectivity index (χ2n) is 5.77. The quantitative estimate of drug-likeness (QED) is 0.614. The van der Waals surface area contributed by atoms with Gasteiger partial charge in [0.1, 0.15) is 0 Å². The second-order valence-corrected chi connectivity index (χ2v) is 7.22. The number of thioether (sulfide) groups is 1. The van der Waals surface area contributed by atoms with E-state index in [0.29, 0.717) is 28.1 Å². The molecule has 0 aliphatic heterocycles. The van der Waals surface area contributed by atoms with Gasteiger partial charge in [-0.15, -0.1) is 11.8 Å². The zero-order valence-corrected chi connectivity index (χ0v) is 16.0. The fraction of sp³-hybridized carbons (Fsp3) is 0.211. The number of carbonyl (C=O) groups excluding carboxylic acids is 1. The van der Waals surface area contributed by atoms with Gasteiger partial charge in [0, 0.05) is 9.92 Å². The summed E-state index contributed by atoms with van der Waals surface area (Å²) >= 11 is 7.41. The lowest BCUT2D eigenvalue weighted by molar-refractivity contribution is 0.0937. The number of benzene rings is 2. The summed E-state index contributed by atoms with van der Waals surface area (Å²) in [6.07, 6.45) is 0. The van der Waals surface area contributed by atoms with Crippen LogP contribution in [-0.2, 0) is 5.75 Å². The van der Waals surface area contributed by atoms with E-state index in [0.717, 1.165) is 10.5 Å². The second kappa shape index (κ2) is 8.38. The van der Waals surface area contributed by atoms with Crippen molar-refractivity contribution in [1.82, 2.24) is 15.5 Å². The summed E-state index contributed by atoms with van der Waals surface area (Å²) in [7, 11) is 0. The number of carbonyl (C=O) groups is 1. The van der Waals surface area contributed by atoms with Crippen LogP contribution < -0.4 is 5.32 Å². The van der Waals surface area contributed by atoms with Gasteiger partial charge in [0.25, 0.3) is 5.91 Å². The van der Waals surface area contributed by atoms with Crippen LogP contribution in [0, 0.1) is 6.92 Å². The molecule has 0 aliphatic carbocycles. The number of nitrogens with one attached hydrogen (secondary N) is 1. The number of hydrogen-bond donors (Lipinski definition) is 1. The lowest BCUT2D eigenvalue weighted by atomic mass is 10.1. The summed E-state index contributed by atoms with van der Waals surface area (Å²) in [6, 6.07) is 14.8. The van der Waals surface area contributed by atoms with Crippen LogP contribution >= 0.6 is 23.4 Å². The van der Waals surface area contributed by atoms with Gasteiger partial charge in [0.2, 0.25) is 5.89 Å². The first kappa shape index (κ1) is 18.5. The van der Waals surface area contributed by atoms with Gasteiger partial charge in [0.15, 0.2) is 5.82 Å². The van der Waals surface area contributed by atoms with Crippen LogP contribution in [0.25, 0.3) is 0 Å². The Bertz CT molecular complexity index is 896. The highest BCUT2D eigenvalue weighted by atomic mass is 35.5. The van der Waals surface area contributed by atoms with Crippen LogP contribution in [0.3, 0.4) is 0 Å². The van der Waals surface area contributed by atoms with Crippen molar-refractivity contribution in [1.29, 1.82) is 0 Å². The van der Waals surface area contributed by atoms with Gasteiger partial charge in [-0.1, -0.05) is 41.0 Å². The number of amides is 1. The smallest absolute Gasteiger partial charge is 0.252 e. The summed E-state index contributed by atoms with van der Waals surface area (Å²) in [4.78, 5) is 17.8. The lowest BCUT2D eigenvalue weighted by Crippen LogP contribution is -2.27. The number of rotatable bonds is 6. The highest BCUT2D eigenvalue weighted by Gasteiger charge is 2.16. The van der Waals surface area contributed by atoms with Crippen LogP contribution in [0.4, 0.5) is 0 Å². The molecule has 1 unspecified atom stereocenters. The van der Waals surface area contributed by atoms with Crippen LogP contribution in [0.5, 0.6) is 0 Å². The van der Waals surface area contributed by atoms with Crippen LogP contribution in [0.1, 0.15) is 40.6 Å². The third-order valence-electron chi connectivity index (χ3n) is 3.77. The van der Waals surface area contributed by atoms with Gasteiger partial charge in [0.05, 0.1) is 17.4 Å². The fourth-order valence-electron chi connectivity index (χ4n) is 2.43. The van der Waals surface area contributed by atoms with E-state index in [4.69, 9.17) is 16.1 Å². The highest BCUT2D eigenvalue weighted by molar-refractivity contribution is 7.98. The molecular formula is C19H18ClN3O2S. The molecule has 26 heavy (non-hydrogen) atoms. The number of aromatic nitrogens is 2. The molecule has 0 bridgehead atoms. The molecule has 0 spiro atoms. The van der Waals surface area contributed by atoms with Gasteiger partial charge >= 0.3 is 0 Å². The molecule has 0 saturated carbocycles. The Morgan fingerprint density at radius 1 is 1.23 bits per heavy atom. The maximum absolute atomic E-state index is 12.7. The number of halogens is 1. The standard InChI is InChI=1S/C19H18ClN3O2S/c1-12(14-7-9-15(20)10-8-14)21-19(24)16-5-3-4-6-17(16)26-11-18-22-13(2)23-25-18/h3-10,12H,11H2,1-2H3,(H,21,24). The van der Waals surface area contributed by atoms with Crippen molar-refractivity contribution in [2.45, 2.75) is 30.5 Å². The van der Waals surface area contributed by atoms with Crippen molar-refractivity contribution in [2.75, 3.05) is 0 Å². The maximum atomic E-state index is 12.7. The molecule has 1 N–H and O–H groups in total. The Kier molecular flexibility index (Phi) is 5.96. The molecule has 2 aromatic carbocycles. The molecule has 1 amide bonds. The molecule has 1 atom stereocenters. The summed E-state index contributed by atoms with van der Waals surface area (Å²) in [5, 5.41) is 7.48. The van der Waals surface area contributed by atoms with Crippen LogP contribution in [0.15, 0.2) is 57.9 Å². The average molecular weight is 388 g/mol. The van der Waals surface area contributed by atoms with Crippen LogP contribution in [-0.4, -0.2) is 16.0 Å². The normalized spacial score (nSPS) is 12.0. The first-order valence-electron chi connectivity index (χ1n) is 8.10. The largest absolute Gasteiger partial charge is 0.345 e. The molecule has 0 saturated heterocycles. The van der Waals surface area contributed by atoms with E-state index in [2.05, 4.69) is 15.5 Å². The zero-order valence-electron chi connectivity index (χ0n) is 14.4. The van der Waals surface area contributed by atoms with E-state index in [1.807, 2.05) is 55.5 Å². The Balaban J connectivity index is 1.69. The molecule has 1 heterocycles. The van der Waals surface area contributed by atoms with E-state index in [1.165, 1.54) is 11.8 Å². The predicted octanol–water partition coefficient (Wildman–Crippen LogP) is 4.81. The third-order valence-corrected chi connectivity index (χ3v) is 5.08. The summed E-state index contributed by atoms with van der Waals surface area (Å²) < 4.78 is 5.13. The minimum absolute atomic E-state index is 0.128. The Hall–Kier alpha value is -2.31. The SMILES string of the molecule is Cc1noc(CSc2ccccc2C(=O)NC(C)c2ccc(Cl)cc2)n1. The summed E-state index contributed by atoms with van der Waals surface area (Å²) in [5.74, 6) is 1.52. The van der Waals surface area contributed by atoms with Crippen molar-refractivity contribution in [2.24, 2.45) is 0 Å². The highest BCUT2D eigenvalue weighted by Crippen LogP contribution is 2.26. The molecule has 0 aliphatic rings. The van der Waals surface area contributed by atoms with E-state index < -0.39 is 0 Å². The Labute approximate surface area is 161 Å². The van der Waals surface area contributed by atoms with Crippen LogP contribution in [0.2, 0.25) is 5.02 Å². The molecule has 0 radical (unpaired) electrons. The first-order chi connectivity index (χ1) is 12.5. The Morgan fingerprint density at radius 2 is 1.96 bits per heavy atom. The van der Waals surface area contributed by atoms with Crippen molar-refractivity contribution in [3.8, 4) is 0 Å². The zero-order chi connectivity index (χ0) is 18.5. The van der Waals surface area contributed by atoms with Gasteiger partial charge in [-0.2, -0.15) is 4.98 Å². The first-order valence-corrected chi connectivity index (χ1v) is 9.46. The van der Waals surface area contributed by atoms with Gasteiger partial charge in [-0.25, -0.2) is 0 Å². The number of nitrogens with zero attached hydrogens (tertiary/aromatic N) is 2. The maximum Gasteiger partial charge on any atom is 0.252 e. The summed E-state index contributed by atoms with van der Waals surface area (Å²) in [6.45, 7) is 3.72. The Morgan fingerprint density at radius 3 is 2.65 bits per heavy atom.